The van der Waals surface area contributed by atoms with Crippen molar-refractivity contribution >= 4 is 38.6 Å². The molecule has 4 aromatic rings. The summed E-state index contributed by atoms with van der Waals surface area (Å²) in [6.45, 7) is 0. The highest BCUT2D eigenvalue weighted by Gasteiger charge is 2.13. The SMILES string of the molecule is O=C(N/N=C\c1cccc2ccccc12)c1ccc(NS(=O)(=O)c2ccccc2)cc1. The Kier molecular flexibility index (Phi) is 5.77. The number of anilines is 1. The molecule has 31 heavy (non-hydrogen) atoms. The van der Waals surface area contributed by atoms with Gasteiger partial charge in [-0.2, -0.15) is 5.10 Å². The van der Waals surface area contributed by atoms with E-state index in [1.165, 1.54) is 36.4 Å². The van der Waals surface area contributed by atoms with E-state index in [1.807, 2.05) is 42.5 Å². The molecule has 0 aliphatic carbocycles. The van der Waals surface area contributed by atoms with Crippen molar-refractivity contribution in [2.75, 3.05) is 4.72 Å². The van der Waals surface area contributed by atoms with Gasteiger partial charge in [-0.25, -0.2) is 13.8 Å². The van der Waals surface area contributed by atoms with Crippen LogP contribution < -0.4 is 10.1 Å². The summed E-state index contributed by atoms with van der Waals surface area (Å²) in [5.41, 5.74) is 4.11. The van der Waals surface area contributed by atoms with Crippen molar-refractivity contribution in [1.82, 2.24) is 5.43 Å². The summed E-state index contributed by atoms with van der Waals surface area (Å²) >= 11 is 0. The zero-order valence-corrected chi connectivity index (χ0v) is 17.2. The molecule has 4 rings (SSSR count). The van der Waals surface area contributed by atoms with Crippen LogP contribution in [0, 0.1) is 0 Å². The van der Waals surface area contributed by atoms with Crippen molar-refractivity contribution in [1.29, 1.82) is 0 Å². The smallest absolute Gasteiger partial charge is 0.271 e. The molecule has 0 fully saturated rings. The molecule has 1 amide bonds. The van der Waals surface area contributed by atoms with E-state index in [9.17, 15) is 13.2 Å². The van der Waals surface area contributed by atoms with Crippen molar-refractivity contribution in [2.45, 2.75) is 4.90 Å². The third-order valence-corrected chi connectivity index (χ3v) is 6.04. The molecule has 0 spiro atoms. The van der Waals surface area contributed by atoms with E-state index < -0.39 is 15.9 Å². The van der Waals surface area contributed by atoms with Gasteiger partial charge in [0.25, 0.3) is 15.9 Å². The normalized spacial score (nSPS) is 11.5. The maximum atomic E-state index is 12.4. The van der Waals surface area contributed by atoms with Gasteiger partial charge in [-0.15, -0.1) is 0 Å². The summed E-state index contributed by atoms with van der Waals surface area (Å²) in [6.07, 6.45) is 1.60. The lowest BCUT2D eigenvalue weighted by atomic mass is 10.1. The number of benzene rings is 4. The molecule has 154 valence electrons. The molecule has 0 saturated carbocycles. The number of nitrogens with zero attached hydrogens (tertiary/aromatic N) is 1. The predicted octanol–water partition coefficient (Wildman–Crippen LogP) is 4.40. The molecule has 7 heteroatoms. The van der Waals surface area contributed by atoms with Crippen molar-refractivity contribution in [3.8, 4) is 0 Å². The Morgan fingerprint density at radius 2 is 1.45 bits per heavy atom. The van der Waals surface area contributed by atoms with E-state index in [4.69, 9.17) is 0 Å². The minimum Gasteiger partial charge on any atom is -0.280 e. The molecule has 0 heterocycles. The average molecular weight is 430 g/mol. The standard InChI is InChI=1S/C24H19N3O3S/c28-24(26-25-17-20-9-6-8-18-7-4-5-12-23(18)20)19-13-15-21(16-14-19)27-31(29,30)22-10-2-1-3-11-22/h1-17,27H,(H,26,28)/b25-17-. The highest BCUT2D eigenvalue weighted by atomic mass is 32.2. The Hall–Kier alpha value is -3.97. The van der Waals surface area contributed by atoms with E-state index in [-0.39, 0.29) is 4.90 Å². The monoisotopic (exact) mass is 429 g/mol. The van der Waals surface area contributed by atoms with Gasteiger partial charge in [-0.3, -0.25) is 9.52 Å². The molecule has 0 atom stereocenters. The van der Waals surface area contributed by atoms with Crippen LogP contribution in [0.5, 0.6) is 0 Å². The zero-order chi connectivity index (χ0) is 21.7. The Bertz CT molecular complexity index is 1340. The summed E-state index contributed by atoms with van der Waals surface area (Å²) in [7, 11) is -3.68. The van der Waals surface area contributed by atoms with E-state index in [0.29, 0.717) is 11.3 Å². The van der Waals surface area contributed by atoms with E-state index in [1.54, 1.807) is 24.4 Å². The number of carbonyl (C=O) groups is 1. The third-order valence-electron chi connectivity index (χ3n) is 4.65. The molecule has 0 bridgehead atoms. The lowest BCUT2D eigenvalue weighted by Gasteiger charge is -2.08. The highest BCUT2D eigenvalue weighted by Crippen LogP contribution is 2.18. The van der Waals surface area contributed by atoms with E-state index >= 15 is 0 Å². The summed E-state index contributed by atoms with van der Waals surface area (Å²) in [6, 6.07) is 28.0. The molecule has 4 aromatic carbocycles. The molecular formula is C24H19N3O3S. The first kappa shape index (κ1) is 20.3. The summed E-state index contributed by atoms with van der Waals surface area (Å²) in [5, 5.41) is 6.18. The predicted molar refractivity (Wildman–Crippen MR) is 123 cm³/mol. The summed E-state index contributed by atoms with van der Waals surface area (Å²) < 4.78 is 27.3. The van der Waals surface area contributed by atoms with Gasteiger partial charge in [0.05, 0.1) is 11.1 Å². The number of hydrazone groups is 1. The minimum atomic E-state index is -3.68. The van der Waals surface area contributed by atoms with Gasteiger partial charge >= 0.3 is 0 Å². The Labute approximate surface area is 180 Å². The molecular weight excluding hydrogens is 410 g/mol. The van der Waals surface area contributed by atoms with Crippen LogP contribution in [-0.2, 0) is 10.0 Å². The van der Waals surface area contributed by atoms with Crippen LogP contribution in [0.3, 0.4) is 0 Å². The van der Waals surface area contributed by atoms with Crippen molar-refractivity contribution in [3.63, 3.8) is 0 Å². The molecule has 0 aliphatic heterocycles. The van der Waals surface area contributed by atoms with Crippen LogP contribution in [0.15, 0.2) is 107 Å². The number of carbonyl (C=O) groups excluding carboxylic acids is 1. The van der Waals surface area contributed by atoms with Gasteiger partial charge in [0.15, 0.2) is 0 Å². The van der Waals surface area contributed by atoms with Crippen molar-refractivity contribution in [2.24, 2.45) is 5.10 Å². The van der Waals surface area contributed by atoms with E-state index in [0.717, 1.165) is 16.3 Å². The van der Waals surface area contributed by atoms with Gasteiger partial charge < -0.3 is 0 Å². The lowest BCUT2D eigenvalue weighted by molar-refractivity contribution is 0.0955. The van der Waals surface area contributed by atoms with Crippen LogP contribution in [0.2, 0.25) is 0 Å². The quantitative estimate of drug-likeness (QED) is 0.352. The Morgan fingerprint density at radius 3 is 2.23 bits per heavy atom. The number of nitrogens with one attached hydrogen (secondary N) is 2. The molecule has 6 nitrogen and oxygen atoms in total. The van der Waals surface area contributed by atoms with Crippen molar-refractivity contribution in [3.05, 3.63) is 108 Å². The Balaban J connectivity index is 1.42. The first-order valence-corrected chi connectivity index (χ1v) is 11.0. The number of sulfonamides is 1. The van der Waals surface area contributed by atoms with Gasteiger partial charge in [-0.05, 0) is 47.2 Å². The van der Waals surface area contributed by atoms with Gasteiger partial charge in [0, 0.05) is 16.8 Å². The molecule has 2 N–H and O–H groups in total. The third kappa shape index (κ3) is 4.79. The highest BCUT2D eigenvalue weighted by molar-refractivity contribution is 7.92. The van der Waals surface area contributed by atoms with Crippen LogP contribution in [0.4, 0.5) is 5.69 Å². The number of hydrogen-bond acceptors (Lipinski definition) is 4. The lowest BCUT2D eigenvalue weighted by Crippen LogP contribution is -2.18. The second-order valence-corrected chi connectivity index (χ2v) is 8.45. The average Bonchev–Trinajstić information content (AvgIpc) is 2.80. The van der Waals surface area contributed by atoms with Crippen molar-refractivity contribution < 1.29 is 13.2 Å². The summed E-state index contributed by atoms with van der Waals surface area (Å²) in [5.74, 6) is -0.394. The molecule has 0 saturated heterocycles. The van der Waals surface area contributed by atoms with Crippen LogP contribution in [-0.4, -0.2) is 20.5 Å². The summed E-state index contributed by atoms with van der Waals surface area (Å²) in [4.78, 5) is 12.5. The first-order valence-electron chi connectivity index (χ1n) is 9.52. The fourth-order valence-corrected chi connectivity index (χ4v) is 4.17. The van der Waals surface area contributed by atoms with E-state index in [2.05, 4.69) is 15.2 Å². The largest absolute Gasteiger partial charge is 0.280 e. The topological polar surface area (TPSA) is 87.6 Å². The number of fused-ring (bicyclic) bond motifs is 1. The van der Waals surface area contributed by atoms with Gasteiger partial charge in [0.2, 0.25) is 0 Å². The number of hydrogen-bond donors (Lipinski definition) is 2. The van der Waals surface area contributed by atoms with Crippen LogP contribution in [0.1, 0.15) is 15.9 Å². The number of rotatable bonds is 6. The minimum absolute atomic E-state index is 0.166. The molecule has 0 unspecified atom stereocenters. The Morgan fingerprint density at radius 1 is 0.774 bits per heavy atom. The maximum absolute atomic E-state index is 12.4. The molecule has 0 aliphatic rings. The van der Waals surface area contributed by atoms with Gasteiger partial charge in [-0.1, -0.05) is 60.7 Å². The number of amides is 1. The van der Waals surface area contributed by atoms with Crippen LogP contribution >= 0.6 is 0 Å². The second kappa shape index (κ2) is 8.81. The fourth-order valence-electron chi connectivity index (χ4n) is 3.09. The molecule has 0 radical (unpaired) electrons. The maximum Gasteiger partial charge on any atom is 0.271 e. The second-order valence-electron chi connectivity index (χ2n) is 6.76. The van der Waals surface area contributed by atoms with Crippen LogP contribution in [0.25, 0.3) is 10.8 Å². The first-order chi connectivity index (χ1) is 15.0. The molecule has 0 aromatic heterocycles. The van der Waals surface area contributed by atoms with Gasteiger partial charge in [0.1, 0.15) is 0 Å². The fraction of sp³-hybridized carbons (Fsp3) is 0. The zero-order valence-electron chi connectivity index (χ0n) is 16.4.